The zero-order valence-corrected chi connectivity index (χ0v) is 18.2. The standard InChI is InChI=1S/C19H21N3O6S2/c1-12(2)17(22-30(24,25)14-8-6-13(26-3)7-9-14)19(23)27-11-16-20-18(21-28-16)15-5-4-10-29-15/h4-10,12,17,22H,11H2,1-3H3. The summed E-state index contributed by atoms with van der Waals surface area (Å²) < 4.78 is 43.1. The molecular weight excluding hydrogens is 430 g/mol. The smallest absolute Gasteiger partial charge is 0.324 e. The second-order valence-corrected chi connectivity index (χ2v) is 9.28. The van der Waals surface area contributed by atoms with Crippen molar-refractivity contribution in [1.29, 1.82) is 0 Å². The van der Waals surface area contributed by atoms with Crippen LogP contribution in [0.2, 0.25) is 0 Å². The Morgan fingerprint density at radius 2 is 1.97 bits per heavy atom. The van der Waals surface area contributed by atoms with E-state index < -0.39 is 22.0 Å². The van der Waals surface area contributed by atoms with Crippen molar-refractivity contribution in [2.24, 2.45) is 5.92 Å². The maximum absolute atomic E-state index is 12.7. The average Bonchev–Trinajstić information content (AvgIpc) is 3.42. The molecule has 0 saturated heterocycles. The number of nitrogens with zero attached hydrogens (tertiary/aromatic N) is 2. The van der Waals surface area contributed by atoms with Crippen molar-refractivity contribution in [3.63, 3.8) is 0 Å². The Morgan fingerprint density at radius 1 is 1.23 bits per heavy atom. The van der Waals surface area contributed by atoms with Gasteiger partial charge in [-0.3, -0.25) is 4.79 Å². The predicted octanol–water partition coefficient (Wildman–Crippen LogP) is 2.85. The van der Waals surface area contributed by atoms with Crippen LogP contribution in [0, 0.1) is 5.92 Å². The fourth-order valence-corrected chi connectivity index (χ4v) is 4.47. The summed E-state index contributed by atoms with van der Waals surface area (Å²) in [6.45, 7) is 3.17. The highest BCUT2D eigenvalue weighted by Crippen LogP contribution is 2.22. The first kappa shape index (κ1) is 21.9. The molecule has 0 saturated carbocycles. The van der Waals surface area contributed by atoms with Crippen LogP contribution in [0.25, 0.3) is 10.7 Å². The van der Waals surface area contributed by atoms with Crippen molar-refractivity contribution in [3.05, 3.63) is 47.7 Å². The second-order valence-electron chi connectivity index (χ2n) is 6.62. The molecule has 0 radical (unpaired) electrons. The first-order chi connectivity index (χ1) is 14.3. The van der Waals surface area contributed by atoms with Gasteiger partial charge in [0.05, 0.1) is 16.9 Å². The van der Waals surface area contributed by atoms with Crippen LogP contribution in [0.1, 0.15) is 19.7 Å². The van der Waals surface area contributed by atoms with Crippen LogP contribution in [-0.4, -0.2) is 37.7 Å². The lowest BCUT2D eigenvalue weighted by molar-refractivity contribution is -0.148. The molecule has 0 aliphatic carbocycles. The van der Waals surface area contributed by atoms with Gasteiger partial charge in [-0.05, 0) is 41.6 Å². The molecule has 0 fully saturated rings. The summed E-state index contributed by atoms with van der Waals surface area (Å²) in [5.74, 6) is -0.0490. The van der Waals surface area contributed by atoms with Crippen LogP contribution in [0.5, 0.6) is 5.75 Å². The van der Waals surface area contributed by atoms with Crippen molar-refractivity contribution in [1.82, 2.24) is 14.9 Å². The Kier molecular flexibility index (Phi) is 6.85. The molecule has 0 aliphatic rings. The number of carbonyl (C=O) groups is 1. The Hall–Kier alpha value is -2.76. The molecule has 3 aromatic rings. The van der Waals surface area contributed by atoms with Crippen LogP contribution >= 0.6 is 11.3 Å². The lowest BCUT2D eigenvalue weighted by atomic mass is 10.1. The van der Waals surface area contributed by atoms with E-state index in [1.54, 1.807) is 13.8 Å². The number of methoxy groups -OCH3 is 1. The lowest BCUT2D eigenvalue weighted by Crippen LogP contribution is -2.45. The Balaban J connectivity index is 1.65. The Bertz CT molecular complexity index is 1080. The SMILES string of the molecule is COc1ccc(S(=O)(=O)NC(C(=O)OCc2nc(-c3cccs3)no2)C(C)C)cc1. The van der Waals surface area contributed by atoms with Gasteiger partial charge in [-0.15, -0.1) is 11.3 Å². The minimum atomic E-state index is -3.94. The molecular formula is C19H21N3O6S2. The molecule has 11 heteroatoms. The fourth-order valence-electron chi connectivity index (χ4n) is 2.49. The Labute approximate surface area is 178 Å². The van der Waals surface area contributed by atoms with Gasteiger partial charge in [-0.1, -0.05) is 25.1 Å². The van der Waals surface area contributed by atoms with Crippen molar-refractivity contribution < 1.29 is 27.2 Å². The molecule has 2 aromatic heterocycles. The molecule has 0 bridgehead atoms. The van der Waals surface area contributed by atoms with Gasteiger partial charge in [0.25, 0.3) is 5.89 Å². The van der Waals surface area contributed by atoms with E-state index in [0.717, 1.165) is 4.88 Å². The normalized spacial score (nSPS) is 12.7. The summed E-state index contributed by atoms with van der Waals surface area (Å²) in [4.78, 5) is 17.6. The van der Waals surface area contributed by atoms with E-state index in [1.807, 2.05) is 17.5 Å². The van der Waals surface area contributed by atoms with Gasteiger partial charge in [0.1, 0.15) is 11.8 Å². The minimum absolute atomic E-state index is 0.0132. The summed E-state index contributed by atoms with van der Waals surface area (Å²) in [7, 11) is -2.45. The number of esters is 1. The number of ether oxygens (including phenoxy) is 2. The third-order valence-corrected chi connectivity index (χ3v) is 6.44. The summed E-state index contributed by atoms with van der Waals surface area (Å²) in [5, 5.41) is 5.72. The first-order valence-corrected chi connectivity index (χ1v) is 11.4. The number of carbonyl (C=O) groups excluding carboxylic acids is 1. The topological polar surface area (TPSA) is 121 Å². The largest absolute Gasteiger partial charge is 0.497 e. The number of sulfonamides is 1. The number of hydrogen-bond donors (Lipinski definition) is 1. The maximum atomic E-state index is 12.7. The van der Waals surface area contributed by atoms with Crippen molar-refractivity contribution in [3.8, 4) is 16.5 Å². The van der Waals surface area contributed by atoms with E-state index in [-0.39, 0.29) is 23.3 Å². The number of rotatable bonds is 9. The first-order valence-electron chi connectivity index (χ1n) is 8.99. The van der Waals surface area contributed by atoms with Gasteiger partial charge in [0, 0.05) is 0 Å². The molecule has 30 heavy (non-hydrogen) atoms. The minimum Gasteiger partial charge on any atom is -0.497 e. The number of benzene rings is 1. The van der Waals surface area contributed by atoms with Crippen LogP contribution < -0.4 is 9.46 Å². The van der Waals surface area contributed by atoms with Crippen LogP contribution in [0.4, 0.5) is 0 Å². The van der Waals surface area contributed by atoms with Crippen molar-refractivity contribution >= 4 is 27.3 Å². The van der Waals surface area contributed by atoms with Crippen LogP contribution in [0.15, 0.2) is 51.2 Å². The van der Waals surface area contributed by atoms with Crippen molar-refractivity contribution in [2.75, 3.05) is 7.11 Å². The second kappa shape index (κ2) is 9.37. The number of hydrogen-bond acceptors (Lipinski definition) is 9. The fraction of sp³-hybridized carbons (Fsp3) is 0.316. The summed E-state index contributed by atoms with van der Waals surface area (Å²) in [5.41, 5.74) is 0. The number of nitrogens with one attached hydrogen (secondary N) is 1. The highest BCUT2D eigenvalue weighted by Gasteiger charge is 2.30. The molecule has 3 rings (SSSR count). The van der Waals surface area contributed by atoms with Gasteiger partial charge in [-0.25, -0.2) is 8.42 Å². The maximum Gasteiger partial charge on any atom is 0.324 e. The van der Waals surface area contributed by atoms with Crippen molar-refractivity contribution in [2.45, 2.75) is 31.4 Å². The summed E-state index contributed by atoms with van der Waals surface area (Å²) in [6, 6.07) is 8.46. The van der Waals surface area contributed by atoms with Crippen LogP contribution in [-0.2, 0) is 26.2 Å². The van der Waals surface area contributed by atoms with E-state index in [0.29, 0.717) is 11.6 Å². The molecule has 9 nitrogen and oxygen atoms in total. The third kappa shape index (κ3) is 5.23. The monoisotopic (exact) mass is 451 g/mol. The van der Waals surface area contributed by atoms with Crippen LogP contribution in [0.3, 0.4) is 0 Å². The molecule has 0 aliphatic heterocycles. The summed E-state index contributed by atoms with van der Waals surface area (Å²) in [6.07, 6.45) is 0. The molecule has 0 spiro atoms. The van der Waals surface area contributed by atoms with E-state index in [2.05, 4.69) is 14.9 Å². The Morgan fingerprint density at radius 3 is 2.57 bits per heavy atom. The average molecular weight is 452 g/mol. The highest BCUT2D eigenvalue weighted by molar-refractivity contribution is 7.89. The van der Waals surface area contributed by atoms with E-state index in [1.165, 1.54) is 42.7 Å². The summed E-state index contributed by atoms with van der Waals surface area (Å²) >= 11 is 1.45. The molecule has 1 unspecified atom stereocenters. The molecule has 1 N–H and O–H groups in total. The highest BCUT2D eigenvalue weighted by atomic mass is 32.2. The lowest BCUT2D eigenvalue weighted by Gasteiger charge is -2.20. The number of aromatic nitrogens is 2. The van der Waals surface area contributed by atoms with Gasteiger partial charge in [0.15, 0.2) is 6.61 Å². The van der Waals surface area contributed by atoms with E-state index in [9.17, 15) is 13.2 Å². The molecule has 1 aromatic carbocycles. The number of thiophene rings is 1. The molecule has 1 atom stereocenters. The van der Waals surface area contributed by atoms with Gasteiger partial charge < -0.3 is 14.0 Å². The zero-order chi connectivity index (χ0) is 21.7. The zero-order valence-electron chi connectivity index (χ0n) is 16.6. The van der Waals surface area contributed by atoms with Gasteiger partial charge >= 0.3 is 5.97 Å². The quantitative estimate of drug-likeness (QED) is 0.493. The van der Waals surface area contributed by atoms with E-state index in [4.69, 9.17) is 14.0 Å². The third-order valence-electron chi connectivity index (χ3n) is 4.12. The molecule has 0 amide bonds. The van der Waals surface area contributed by atoms with Gasteiger partial charge in [0.2, 0.25) is 15.8 Å². The predicted molar refractivity (Wildman–Crippen MR) is 109 cm³/mol. The molecule has 2 heterocycles. The van der Waals surface area contributed by atoms with Gasteiger partial charge in [-0.2, -0.15) is 9.71 Å². The molecule has 160 valence electrons. The van der Waals surface area contributed by atoms with E-state index >= 15 is 0 Å².